The molecule has 0 saturated heterocycles. The Morgan fingerprint density at radius 2 is 1.91 bits per heavy atom. The minimum atomic E-state index is -3.62. The zero-order valence-electron chi connectivity index (χ0n) is 12.3. The molecule has 0 saturated carbocycles. The lowest BCUT2D eigenvalue weighted by Gasteiger charge is -2.08. The standard InChI is InChI=1S/C15H17BrN2O3S2/c16-13-5-1-2-6-14(13)23(20,21)18-10-8-15(19)17-9-7-12-4-3-11-22-12/h1-6,11,18H,7-10H2,(H,17,19). The molecule has 1 heterocycles. The summed E-state index contributed by atoms with van der Waals surface area (Å²) in [6.07, 6.45) is 0.889. The minimum Gasteiger partial charge on any atom is -0.356 e. The second-order valence-electron chi connectivity index (χ2n) is 4.76. The molecule has 5 nitrogen and oxygen atoms in total. The fraction of sp³-hybridized carbons (Fsp3) is 0.267. The number of benzene rings is 1. The molecule has 1 aromatic heterocycles. The van der Waals surface area contributed by atoms with Crippen LogP contribution < -0.4 is 10.0 Å². The van der Waals surface area contributed by atoms with E-state index >= 15 is 0 Å². The molecule has 0 radical (unpaired) electrons. The van der Waals surface area contributed by atoms with E-state index in [-0.39, 0.29) is 23.8 Å². The van der Waals surface area contributed by atoms with Crippen molar-refractivity contribution < 1.29 is 13.2 Å². The van der Waals surface area contributed by atoms with Crippen molar-refractivity contribution >= 4 is 43.2 Å². The van der Waals surface area contributed by atoms with Crippen molar-refractivity contribution in [1.29, 1.82) is 0 Å². The van der Waals surface area contributed by atoms with Gasteiger partial charge in [-0.1, -0.05) is 18.2 Å². The van der Waals surface area contributed by atoms with Gasteiger partial charge in [-0.05, 0) is 45.9 Å². The highest BCUT2D eigenvalue weighted by Crippen LogP contribution is 2.20. The summed E-state index contributed by atoms with van der Waals surface area (Å²) in [5.41, 5.74) is 0. The average molecular weight is 417 g/mol. The van der Waals surface area contributed by atoms with E-state index in [0.717, 1.165) is 6.42 Å². The number of rotatable bonds is 8. The number of carbonyl (C=O) groups is 1. The first-order valence-electron chi connectivity index (χ1n) is 7.02. The third-order valence-corrected chi connectivity index (χ3v) is 6.45. The van der Waals surface area contributed by atoms with Gasteiger partial charge in [0.15, 0.2) is 0 Å². The molecular formula is C15H17BrN2O3S2. The van der Waals surface area contributed by atoms with Gasteiger partial charge in [0.05, 0.1) is 4.90 Å². The minimum absolute atomic E-state index is 0.0640. The number of hydrogen-bond acceptors (Lipinski definition) is 4. The van der Waals surface area contributed by atoms with E-state index in [1.807, 2.05) is 17.5 Å². The van der Waals surface area contributed by atoms with Crippen LogP contribution in [0.4, 0.5) is 0 Å². The normalized spacial score (nSPS) is 11.3. The Morgan fingerprint density at radius 3 is 2.61 bits per heavy atom. The number of amides is 1. The number of hydrogen-bond donors (Lipinski definition) is 2. The van der Waals surface area contributed by atoms with Gasteiger partial charge in [-0.25, -0.2) is 13.1 Å². The molecule has 2 rings (SSSR count). The maximum absolute atomic E-state index is 12.1. The van der Waals surface area contributed by atoms with Gasteiger partial charge >= 0.3 is 0 Å². The van der Waals surface area contributed by atoms with Crippen LogP contribution in [0.15, 0.2) is 51.1 Å². The monoisotopic (exact) mass is 416 g/mol. The quantitative estimate of drug-likeness (QED) is 0.693. The highest BCUT2D eigenvalue weighted by Gasteiger charge is 2.16. The van der Waals surface area contributed by atoms with Crippen LogP contribution in [0.25, 0.3) is 0 Å². The largest absolute Gasteiger partial charge is 0.356 e. The van der Waals surface area contributed by atoms with Gasteiger partial charge in [-0.2, -0.15) is 0 Å². The summed E-state index contributed by atoms with van der Waals surface area (Å²) in [6.45, 7) is 0.616. The van der Waals surface area contributed by atoms with E-state index in [4.69, 9.17) is 0 Å². The molecule has 0 spiro atoms. The van der Waals surface area contributed by atoms with Crippen molar-refractivity contribution in [1.82, 2.24) is 10.0 Å². The second-order valence-corrected chi connectivity index (χ2v) is 8.38. The molecule has 0 aliphatic rings. The SMILES string of the molecule is O=C(CCNS(=O)(=O)c1ccccc1Br)NCCc1cccs1. The number of sulfonamides is 1. The lowest BCUT2D eigenvalue weighted by atomic mass is 10.3. The Balaban J connectivity index is 1.73. The summed E-state index contributed by atoms with van der Waals surface area (Å²) in [4.78, 5) is 13.1. The molecule has 0 fully saturated rings. The van der Waals surface area contributed by atoms with Crippen molar-refractivity contribution in [3.63, 3.8) is 0 Å². The maximum atomic E-state index is 12.1. The van der Waals surface area contributed by atoms with Crippen LogP contribution in [0.3, 0.4) is 0 Å². The first-order valence-corrected chi connectivity index (χ1v) is 10.2. The molecule has 1 amide bonds. The number of thiophene rings is 1. The molecule has 0 aliphatic heterocycles. The lowest BCUT2D eigenvalue weighted by molar-refractivity contribution is -0.120. The van der Waals surface area contributed by atoms with Crippen molar-refractivity contribution in [3.8, 4) is 0 Å². The molecule has 1 aromatic carbocycles. The predicted molar refractivity (Wildman–Crippen MR) is 95.0 cm³/mol. The van der Waals surface area contributed by atoms with Crippen LogP contribution in [-0.4, -0.2) is 27.4 Å². The molecular weight excluding hydrogens is 400 g/mol. The Labute approximate surface area is 148 Å². The zero-order chi connectivity index (χ0) is 16.7. The number of nitrogens with one attached hydrogen (secondary N) is 2. The molecule has 23 heavy (non-hydrogen) atoms. The van der Waals surface area contributed by atoms with Gasteiger partial charge in [0, 0.05) is 28.9 Å². The summed E-state index contributed by atoms with van der Waals surface area (Å²) >= 11 is 4.86. The third kappa shape index (κ3) is 5.72. The van der Waals surface area contributed by atoms with Crippen LogP contribution in [0, 0.1) is 0 Å². The fourth-order valence-electron chi connectivity index (χ4n) is 1.91. The average Bonchev–Trinajstić information content (AvgIpc) is 3.00. The third-order valence-electron chi connectivity index (χ3n) is 3.04. The molecule has 2 aromatic rings. The summed E-state index contributed by atoms with van der Waals surface area (Å²) in [5.74, 6) is -0.170. The van der Waals surface area contributed by atoms with E-state index in [2.05, 4.69) is 26.0 Å². The van der Waals surface area contributed by atoms with Crippen molar-refractivity contribution in [2.24, 2.45) is 0 Å². The van der Waals surface area contributed by atoms with Crippen LogP contribution in [0.5, 0.6) is 0 Å². The Kier molecular flexibility index (Phi) is 6.76. The van der Waals surface area contributed by atoms with Gasteiger partial charge in [-0.15, -0.1) is 11.3 Å². The van der Waals surface area contributed by atoms with Gasteiger partial charge in [0.1, 0.15) is 0 Å². The van der Waals surface area contributed by atoms with Gasteiger partial charge in [-0.3, -0.25) is 4.79 Å². The number of halogens is 1. The highest BCUT2D eigenvalue weighted by molar-refractivity contribution is 9.10. The van der Waals surface area contributed by atoms with Crippen molar-refractivity contribution in [2.45, 2.75) is 17.7 Å². The zero-order valence-corrected chi connectivity index (χ0v) is 15.5. The Hall–Kier alpha value is -1.22. The molecule has 0 unspecified atom stereocenters. The topological polar surface area (TPSA) is 75.3 Å². The van der Waals surface area contributed by atoms with E-state index < -0.39 is 10.0 Å². The van der Waals surface area contributed by atoms with Gasteiger partial charge in [0.2, 0.25) is 15.9 Å². The first kappa shape index (κ1) is 18.1. The van der Waals surface area contributed by atoms with E-state index in [9.17, 15) is 13.2 Å². The maximum Gasteiger partial charge on any atom is 0.241 e. The van der Waals surface area contributed by atoms with Gasteiger partial charge in [0.25, 0.3) is 0 Å². The number of carbonyl (C=O) groups excluding carboxylic acids is 1. The van der Waals surface area contributed by atoms with Crippen molar-refractivity contribution in [2.75, 3.05) is 13.1 Å². The molecule has 8 heteroatoms. The van der Waals surface area contributed by atoms with E-state index in [0.29, 0.717) is 11.0 Å². The van der Waals surface area contributed by atoms with Crippen LogP contribution >= 0.6 is 27.3 Å². The molecule has 0 bridgehead atoms. The molecule has 124 valence electrons. The summed E-state index contributed by atoms with van der Waals surface area (Å²) in [7, 11) is -3.62. The van der Waals surface area contributed by atoms with Crippen LogP contribution in [0.2, 0.25) is 0 Å². The van der Waals surface area contributed by atoms with Crippen molar-refractivity contribution in [3.05, 3.63) is 51.1 Å². The Morgan fingerprint density at radius 1 is 1.13 bits per heavy atom. The molecule has 2 N–H and O–H groups in total. The van der Waals surface area contributed by atoms with Crippen LogP contribution in [0.1, 0.15) is 11.3 Å². The predicted octanol–water partition coefficient (Wildman–Crippen LogP) is 2.54. The molecule has 0 atom stereocenters. The van der Waals surface area contributed by atoms with E-state index in [1.54, 1.807) is 29.5 Å². The molecule has 0 aliphatic carbocycles. The smallest absolute Gasteiger partial charge is 0.241 e. The second kappa shape index (κ2) is 8.58. The Bertz CT molecular complexity index is 746. The first-order chi connectivity index (χ1) is 11.0. The fourth-order valence-corrected chi connectivity index (χ4v) is 4.65. The highest BCUT2D eigenvalue weighted by atomic mass is 79.9. The lowest BCUT2D eigenvalue weighted by Crippen LogP contribution is -2.31. The summed E-state index contributed by atoms with van der Waals surface area (Å²) < 4.78 is 27.2. The van der Waals surface area contributed by atoms with Crippen LogP contribution in [-0.2, 0) is 21.2 Å². The van der Waals surface area contributed by atoms with E-state index in [1.165, 1.54) is 10.9 Å². The van der Waals surface area contributed by atoms with Gasteiger partial charge < -0.3 is 5.32 Å². The summed E-state index contributed by atoms with van der Waals surface area (Å²) in [6, 6.07) is 10.5. The summed E-state index contributed by atoms with van der Waals surface area (Å²) in [5, 5.41) is 4.78.